The van der Waals surface area contributed by atoms with Gasteiger partial charge in [0.25, 0.3) is 5.56 Å². The summed E-state index contributed by atoms with van der Waals surface area (Å²) in [5.74, 6) is 0. The molecule has 0 saturated carbocycles. The van der Waals surface area contributed by atoms with E-state index < -0.39 is 0 Å². The van der Waals surface area contributed by atoms with E-state index in [9.17, 15) is 4.79 Å². The van der Waals surface area contributed by atoms with Gasteiger partial charge in [-0.15, -0.1) is 0 Å². The lowest BCUT2D eigenvalue weighted by Gasteiger charge is -2.06. The minimum atomic E-state index is 0.00533. The highest BCUT2D eigenvalue weighted by Crippen LogP contribution is 2.08. The van der Waals surface area contributed by atoms with Crippen LogP contribution in [-0.2, 0) is 6.42 Å². The van der Waals surface area contributed by atoms with Crippen LogP contribution >= 0.6 is 0 Å². The largest absolute Gasteiger partial charge is 0.284 e. The van der Waals surface area contributed by atoms with Gasteiger partial charge in [0.05, 0.1) is 0 Å². The fraction of sp³-hybridized carbons (Fsp3) is 0.154. The van der Waals surface area contributed by atoms with E-state index in [4.69, 9.17) is 0 Å². The Hall–Kier alpha value is -1.83. The summed E-state index contributed by atoms with van der Waals surface area (Å²) in [4.78, 5) is 11.6. The predicted octanol–water partition coefficient (Wildman–Crippen LogP) is 2.40. The van der Waals surface area contributed by atoms with Gasteiger partial charge in [-0.25, -0.2) is 0 Å². The van der Waals surface area contributed by atoms with Crippen LogP contribution in [0, 0.1) is 0 Å². The SMILES string of the molecule is CCc1cccc(-n2ccccc2=O)c1. The molecule has 0 aliphatic heterocycles. The molecule has 15 heavy (non-hydrogen) atoms. The van der Waals surface area contributed by atoms with E-state index in [1.54, 1.807) is 22.9 Å². The molecule has 1 aromatic heterocycles. The van der Waals surface area contributed by atoms with Gasteiger partial charge in [0.15, 0.2) is 0 Å². The number of benzene rings is 1. The fourth-order valence-corrected chi connectivity index (χ4v) is 1.57. The molecule has 76 valence electrons. The summed E-state index contributed by atoms with van der Waals surface area (Å²) in [6.45, 7) is 2.10. The van der Waals surface area contributed by atoms with Crippen LogP contribution in [0.2, 0.25) is 0 Å². The molecule has 0 fully saturated rings. The number of nitrogens with zero attached hydrogens (tertiary/aromatic N) is 1. The quantitative estimate of drug-likeness (QED) is 0.728. The standard InChI is InChI=1S/C13H13NO/c1-2-11-6-5-7-12(10-11)14-9-4-3-8-13(14)15/h3-10H,2H2,1H3. The van der Waals surface area contributed by atoms with Gasteiger partial charge >= 0.3 is 0 Å². The Morgan fingerprint density at radius 1 is 1.13 bits per heavy atom. The molecule has 0 atom stereocenters. The van der Waals surface area contributed by atoms with Crippen LogP contribution in [0.3, 0.4) is 0 Å². The molecule has 0 aliphatic carbocycles. The molecule has 0 unspecified atom stereocenters. The predicted molar refractivity (Wildman–Crippen MR) is 61.4 cm³/mol. The molecular formula is C13H13NO. The van der Waals surface area contributed by atoms with E-state index in [1.165, 1.54) is 5.56 Å². The van der Waals surface area contributed by atoms with Crippen molar-refractivity contribution in [2.24, 2.45) is 0 Å². The molecule has 0 amide bonds. The van der Waals surface area contributed by atoms with Gasteiger partial charge in [-0.3, -0.25) is 9.36 Å². The monoisotopic (exact) mass is 199 g/mol. The number of rotatable bonds is 2. The number of aromatic nitrogens is 1. The Labute approximate surface area is 88.8 Å². The van der Waals surface area contributed by atoms with E-state index in [-0.39, 0.29) is 5.56 Å². The summed E-state index contributed by atoms with van der Waals surface area (Å²) in [6, 6.07) is 13.2. The minimum Gasteiger partial charge on any atom is -0.284 e. The van der Waals surface area contributed by atoms with Crippen LogP contribution in [0.1, 0.15) is 12.5 Å². The van der Waals surface area contributed by atoms with E-state index in [1.807, 2.05) is 24.3 Å². The van der Waals surface area contributed by atoms with E-state index in [0.29, 0.717) is 0 Å². The Morgan fingerprint density at radius 3 is 2.73 bits per heavy atom. The highest BCUT2D eigenvalue weighted by molar-refractivity contribution is 5.36. The second-order valence-corrected chi connectivity index (χ2v) is 3.43. The summed E-state index contributed by atoms with van der Waals surface area (Å²) in [7, 11) is 0. The van der Waals surface area contributed by atoms with E-state index in [0.717, 1.165) is 12.1 Å². The van der Waals surface area contributed by atoms with Gasteiger partial charge in [-0.2, -0.15) is 0 Å². The van der Waals surface area contributed by atoms with Gasteiger partial charge in [0.1, 0.15) is 0 Å². The normalized spacial score (nSPS) is 10.2. The van der Waals surface area contributed by atoms with Crippen molar-refractivity contribution in [2.45, 2.75) is 13.3 Å². The second-order valence-electron chi connectivity index (χ2n) is 3.43. The maximum Gasteiger partial charge on any atom is 0.255 e. The molecule has 2 aromatic rings. The molecule has 2 rings (SSSR count). The topological polar surface area (TPSA) is 22.0 Å². The minimum absolute atomic E-state index is 0.00533. The Bertz CT molecular complexity index is 514. The van der Waals surface area contributed by atoms with Crippen molar-refractivity contribution < 1.29 is 0 Å². The zero-order chi connectivity index (χ0) is 10.7. The van der Waals surface area contributed by atoms with Crippen LogP contribution in [0.5, 0.6) is 0 Å². The van der Waals surface area contributed by atoms with Crippen molar-refractivity contribution >= 4 is 0 Å². The summed E-state index contributed by atoms with van der Waals surface area (Å²) >= 11 is 0. The van der Waals surface area contributed by atoms with Crippen LogP contribution < -0.4 is 5.56 Å². The van der Waals surface area contributed by atoms with Gasteiger partial charge in [-0.05, 0) is 30.2 Å². The third-order valence-electron chi connectivity index (χ3n) is 2.42. The average Bonchev–Trinajstić information content (AvgIpc) is 2.30. The van der Waals surface area contributed by atoms with Gasteiger partial charge in [-0.1, -0.05) is 25.1 Å². The van der Waals surface area contributed by atoms with Gasteiger partial charge in [0, 0.05) is 18.0 Å². The Kier molecular flexibility index (Phi) is 2.68. The molecule has 2 heteroatoms. The van der Waals surface area contributed by atoms with Crippen LogP contribution in [0.15, 0.2) is 53.5 Å². The highest BCUT2D eigenvalue weighted by atomic mass is 16.1. The molecule has 0 bridgehead atoms. The number of hydrogen-bond donors (Lipinski definition) is 0. The van der Waals surface area contributed by atoms with Crippen molar-refractivity contribution in [1.29, 1.82) is 0 Å². The molecule has 1 heterocycles. The molecule has 0 saturated heterocycles. The lowest BCUT2D eigenvalue weighted by atomic mass is 10.1. The molecule has 2 nitrogen and oxygen atoms in total. The van der Waals surface area contributed by atoms with Gasteiger partial charge < -0.3 is 0 Å². The zero-order valence-electron chi connectivity index (χ0n) is 8.68. The summed E-state index contributed by atoms with van der Waals surface area (Å²) < 4.78 is 1.65. The maximum absolute atomic E-state index is 11.6. The van der Waals surface area contributed by atoms with Crippen molar-refractivity contribution in [3.05, 3.63) is 64.6 Å². The van der Waals surface area contributed by atoms with Gasteiger partial charge in [0.2, 0.25) is 0 Å². The third-order valence-corrected chi connectivity index (χ3v) is 2.42. The average molecular weight is 199 g/mol. The molecule has 1 aromatic carbocycles. The van der Waals surface area contributed by atoms with Crippen molar-refractivity contribution in [1.82, 2.24) is 4.57 Å². The van der Waals surface area contributed by atoms with Crippen molar-refractivity contribution in [2.75, 3.05) is 0 Å². The molecule has 0 aliphatic rings. The summed E-state index contributed by atoms with van der Waals surface area (Å²) in [6.07, 6.45) is 2.77. The first-order valence-electron chi connectivity index (χ1n) is 5.08. The number of aryl methyl sites for hydroxylation is 1. The lowest BCUT2D eigenvalue weighted by molar-refractivity contribution is 0.982. The Morgan fingerprint density at radius 2 is 2.00 bits per heavy atom. The van der Waals surface area contributed by atoms with Crippen molar-refractivity contribution in [3.63, 3.8) is 0 Å². The summed E-state index contributed by atoms with van der Waals surface area (Å²) in [5.41, 5.74) is 2.17. The molecule has 0 N–H and O–H groups in total. The van der Waals surface area contributed by atoms with E-state index >= 15 is 0 Å². The molecular weight excluding hydrogens is 186 g/mol. The first kappa shape index (κ1) is 9.71. The first-order chi connectivity index (χ1) is 7.31. The Balaban J connectivity index is 2.54. The highest BCUT2D eigenvalue weighted by Gasteiger charge is 1.98. The second kappa shape index (κ2) is 4.13. The van der Waals surface area contributed by atoms with Crippen LogP contribution in [0.25, 0.3) is 5.69 Å². The molecule has 0 spiro atoms. The number of hydrogen-bond acceptors (Lipinski definition) is 1. The molecule has 0 radical (unpaired) electrons. The van der Waals surface area contributed by atoms with E-state index in [2.05, 4.69) is 13.0 Å². The zero-order valence-corrected chi connectivity index (χ0v) is 8.68. The summed E-state index contributed by atoms with van der Waals surface area (Å²) in [5, 5.41) is 0. The third kappa shape index (κ3) is 1.99. The maximum atomic E-state index is 11.6. The number of pyridine rings is 1. The van der Waals surface area contributed by atoms with Crippen molar-refractivity contribution in [3.8, 4) is 5.69 Å². The smallest absolute Gasteiger partial charge is 0.255 e. The lowest BCUT2D eigenvalue weighted by Crippen LogP contribution is -2.15. The van der Waals surface area contributed by atoms with Crippen LogP contribution in [-0.4, -0.2) is 4.57 Å². The first-order valence-corrected chi connectivity index (χ1v) is 5.08. The van der Waals surface area contributed by atoms with Crippen LogP contribution in [0.4, 0.5) is 0 Å². The fourth-order valence-electron chi connectivity index (χ4n) is 1.57.